The number of hydrogen-bond acceptors (Lipinski definition) is 2. The number of rotatable bonds is 13. The van der Waals surface area contributed by atoms with Crippen molar-refractivity contribution in [2.45, 2.75) is 0 Å². The summed E-state index contributed by atoms with van der Waals surface area (Å²) in [6, 6.07) is 147. The number of hydrogen-bond donors (Lipinski definition) is 0. The molecule has 476 valence electrons. The molecule has 0 fully saturated rings. The molecule has 2 nitrogen and oxygen atoms in total. The van der Waals surface area contributed by atoms with Gasteiger partial charge in [0, 0.05) is 34.1 Å². The summed E-state index contributed by atoms with van der Waals surface area (Å²) in [5.74, 6) is 0. The Kier molecular flexibility index (Phi) is 14.9. The van der Waals surface area contributed by atoms with Crippen LogP contribution in [0.25, 0.3) is 153 Å². The van der Waals surface area contributed by atoms with Crippen LogP contribution in [0.2, 0.25) is 0 Å². The quantitative estimate of drug-likeness (QED) is 0.106. The summed E-state index contributed by atoms with van der Waals surface area (Å²) in [6.07, 6.45) is 0. The van der Waals surface area contributed by atoms with Gasteiger partial charge in [0.1, 0.15) is 0 Å². The smallest absolute Gasteiger partial charge is 0.0462 e. The van der Waals surface area contributed by atoms with Gasteiger partial charge in [-0.1, -0.05) is 309 Å². The maximum atomic E-state index is 2.38. The summed E-state index contributed by atoms with van der Waals surface area (Å²) in [5, 5.41) is 17.5. The number of para-hydroxylation sites is 1. The second kappa shape index (κ2) is 25.5. The van der Waals surface area contributed by atoms with Crippen molar-refractivity contribution in [3.8, 4) is 77.9 Å². The van der Waals surface area contributed by atoms with Gasteiger partial charge in [-0.25, -0.2) is 0 Å². The Balaban J connectivity index is 0.635. The monoisotopic (exact) mass is 1290 g/mol. The summed E-state index contributed by atoms with van der Waals surface area (Å²) in [6.45, 7) is 0. The first-order valence-electron chi connectivity index (χ1n) is 35.2. The molecule has 0 radical (unpaired) electrons. The molecule has 0 aromatic heterocycles. The molecule has 0 bridgehead atoms. The fraction of sp³-hybridized carbons (Fsp3) is 0. The van der Waals surface area contributed by atoms with E-state index in [9.17, 15) is 0 Å². The van der Waals surface area contributed by atoms with E-state index in [4.69, 9.17) is 0 Å². The molecule has 0 aliphatic heterocycles. The lowest BCUT2D eigenvalue weighted by atomic mass is 9.89. The zero-order chi connectivity index (χ0) is 67.5. The van der Waals surface area contributed by atoms with Crippen LogP contribution in [0.5, 0.6) is 0 Å². The molecule has 0 amide bonds. The molecule has 2 heteroatoms. The Morgan fingerprint density at radius 3 is 1.11 bits per heavy atom. The van der Waals surface area contributed by atoms with Gasteiger partial charge in [0.25, 0.3) is 0 Å². The SMILES string of the molecule is c1ccc(-c2ccc(N(c3ccc(-c4cccc5ccccc45)cc3)c3ccc(-c4cccc5ccc6c7ccc(-c8ccc(-c9ccc(N(c%10ccccc%10)c%10ccc(-c%11cc%12ccccc%12c%12ccc%13ccccc%13c%11%12)cc%10)cc9)c(-c9ccccc9)c8)cc7ccc6c45)cc3)cc2)cc1. The van der Waals surface area contributed by atoms with Gasteiger partial charge in [0.05, 0.1) is 0 Å². The first-order chi connectivity index (χ1) is 50.6. The maximum Gasteiger partial charge on any atom is 0.0462 e. The van der Waals surface area contributed by atoms with Gasteiger partial charge in [-0.15, -0.1) is 0 Å². The summed E-state index contributed by atoms with van der Waals surface area (Å²) in [4.78, 5) is 4.73. The van der Waals surface area contributed by atoms with Crippen LogP contribution in [0.1, 0.15) is 0 Å². The van der Waals surface area contributed by atoms with Crippen LogP contribution in [0.3, 0.4) is 0 Å². The van der Waals surface area contributed by atoms with E-state index in [0.717, 1.165) is 39.7 Å². The Morgan fingerprint density at radius 1 is 0.127 bits per heavy atom. The number of benzene rings is 19. The Labute approximate surface area is 593 Å². The molecule has 102 heavy (non-hydrogen) atoms. The molecule has 0 unspecified atom stereocenters. The minimum atomic E-state index is 1.08. The van der Waals surface area contributed by atoms with Crippen molar-refractivity contribution in [1.82, 2.24) is 0 Å². The topological polar surface area (TPSA) is 6.48 Å². The van der Waals surface area contributed by atoms with Crippen molar-refractivity contribution in [3.63, 3.8) is 0 Å². The van der Waals surface area contributed by atoms with Crippen LogP contribution < -0.4 is 9.80 Å². The normalized spacial score (nSPS) is 11.5. The van der Waals surface area contributed by atoms with Crippen molar-refractivity contribution in [3.05, 3.63) is 400 Å². The molecular weight excluding hydrogens is 1230 g/mol. The van der Waals surface area contributed by atoms with E-state index in [-0.39, 0.29) is 0 Å². The highest BCUT2D eigenvalue weighted by atomic mass is 15.1. The second-order valence-electron chi connectivity index (χ2n) is 26.7. The van der Waals surface area contributed by atoms with Gasteiger partial charge in [0.15, 0.2) is 0 Å². The van der Waals surface area contributed by atoms with Gasteiger partial charge in [-0.2, -0.15) is 0 Å². The van der Waals surface area contributed by atoms with Crippen molar-refractivity contribution in [2.24, 2.45) is 0 Å². The van der Waals surface area contributed by atoms with Crippen molar-refractivity contribution in [1.29, 1.82) is 0 Å². The lowest BCUT2D eigenvalue weighted by Gasteiger charge is -2.26. The summed E-state index contributed by atoms with van der Waals surface area (Å²) in [5.41, 5.74) is 23.2. The maximum absolute atomic E-state index is 2.38. The zero-order valence-corrected chi connectivity index (χ0v) is 56.0. The minimum absolute atomic E-state index is 1.08. The lowest BCUT2D eigenvalue weighted by molar-refractivity contribution is 1.28. The third-order valence-corrected chi connectivity index (χ3v) is 20.8. The number of anilines is 6. The second-order valence-corrected chi connectivity index (χ2v) is 26.7. The van der Waals surface area contributed by atoms with E-state index in [1.807, 2.05) is 0 Å². The third kappa shape index (κ3) is 10.8. The van der Waals surface area contributed by atoms with E-state index in [1.165, 1.54) is 148 Å². The number of fused-ring (bicyclic) bond motifs is 11. The molecule has 19 aromatic rings. The highest BCUT2D eigenvalue weighted by Gasteiger charge is 2.20. The zero-order valence-electron chi connectivity index (χ0n) is 56.0. The standard InChI is InChI=1S/C100H66N2/c1-4-18-67(19-5-1)68-34-49-82(50-35-68)102(85-51-36-72(37-52-85)88-32-16-25-69-22-10-13-29-87(69)88)86-55-40-74(41-56-86)92-33-17-26-76-45-61-94-91-60-46-77(64-80(91)48-63-96(94)99(76)92)78-47-59-90(97(65-78)70-20-6-2-7-21-70)73-38-53-83(54-39-73)101(81-27-8-3-9-28-81)84-57-42-75(43-58-84)98-66-79-24-12-14-30-89(79)95-62-44-71-23-11-15-31-93(71)100(95)98/h1-66H. The molecule has 0 N–H and O–H groups in total. The largest absolute Gasteiger partial charge is 0.311 e. The molecule has 19 rings (SSSR count). The van der Waals surface area contributed by atoms with Gasteiger partial charge in [-0.05, 0) is 244 Å². The molecule has 0 saturated heterocycles. The molecule has 0 spiro atoms. The van der Waals surface area contributed by atoms with Crippen LogP contribution in [-0.2, 0) is 0 Å². The summed E-state index contributed by atoms with van der Waals surface area (Å²) >= 11 is 0. The highest BCUT2D eigenvalue weighted by Crippen LogP contribution is 2.46. The van der Waals surface area contributed by atoms with Crippen LogP contribution in [0, 0.1) is 0 Å². The van der Waals surface area contributed by atoms with E-state index >= 15 is 0 Å². The molecule has 19 aromatic carbocycles. The third-order valence-electron chi connectivity index (χ3n) is 20.8. The fourth-order valence-corrected chi connectivity index (χ4v) is 15.8. The first-order valence-corrected chi connectivity index (χ1v) is 35.2. The molecule has 0 aliphatic rings. The first kappa shape index (κ1) is 59.8. The Bertz CT molecular complexity index is 6360. The molecular formula is C100H66N2. The Hall–Kier alpha value is -13.4. The predicted octanol–water partition coefficient (Wildman–Crippen LogP) is 28.4. The van der Waals surface area contributed by atoms with Gasteiger partial charge >= 0.3 is 0 Å². The van der Waals surface area contributed by atoms with E-state index in [0.29, 0.717) is 0 Å². The van der Waals surface area contributed by atoms with Crippen LogP contribution in [-0.4, -0.2) is 0 Å². The van der Waals surface area contributed by atoms with E-state index < -0.39 is 0 Å². The van der Waals surface area contributed by atoms with Crippen molar-refractivity contribution < 1.29 is 0 Å². The van der Waals surface area contributed by atoms with Crippen molar-refractivity contribution in [2.75, 3.05) is 9.80 Å². The van der Waals surface area contributed by atoms with Gasteiger partial charge in [0.2, 0.25) is 0 Å². The van der Waals surface area contributed by atoms with Gasteiger partial charge in [-0.3, -0.25) is 0 Å². The molecule has 0 atom stereocenters. The average molecular weight is 1300 g/mol. The van der Waals surface area contributed by atoms with Crippen LogP contribution in [0.15, 0.2) is 400 Å². The average Bonchev–Trinajstić information content (AvgIpc) is 0.785. The fourth-order valence-electron chi connectivity index (χ4n) is 15.8. The molecule has 0 saturated carbocycles. The van der Waals surface area contributed by atoms with E-state index in [1.54, 1.807) is 0 Å². The highest BCUT2D eigenvalue weighted by molar-refractivity contribution is 6.24. The molecule has 0 heterocycles. The lowest BCUT2D eigenvalue weighted by Crippen LogP contribution is -2.09. The number of nitrogens with zero attached hydrogens (tertiary/aromatic N) is 2. The minimum Gasteiger partial charge on any atom is -0.311 e. The van der Waals surface area contributed by atoms with Crippen molar-refractivity contribution >= 4 is 110 Å². The Morgan fingerprint density at radius 2 is 0.480 bits per heavy atom. The predicted molar refractivity (Wildman–Crippen MR) is 436 cm³/mol. The van der Waals surface area contributed by atoms with E-state index in [2.05, 4.69) is 410 Å². The summed E-state index contributed by atoms with van der Waals surface area (Å²) < 4.78 is 0. The van der Waals surface area contributed by atoms with Crippen LogP contribution in [0.4, 0.5) is 34.1 Å². The molecule has 0 aliphatic carbocycles. The van der Waals surface area contributed by atoms with Crippen LogP contribution >= 0.6 is 0 Å². The summed E-state index contributed by atoms with van der Waals surface area (Å²) in [7, 11) is 0. The van der Waals surface area contributed by atoms with Gasteiger partial charge < -0.3 is 9.80 Å².